The molecule has 0 atom stereocenters. The number of amides is 1. The number of aryl methyl sites for hydroxylation is 3. The minimum Gasteiger partial charge on any atom is -0.326 e. The van der Waals surface area contributed by atoms with Gasteiger partial charge in [0, 0.05) is 24.5 Å². The molecule has 0 aliphatic heterocycles. The van der Waals surface area contributed by atoms with Gasteiger partial charge in [-0.15, -0.1) is 0 Å². The number of benzene rings is 1. The summed E-state index contributed by atoms with van der Waals surface area (Å²) in [7, 11) is 0. The molecule has 1 N–H and O–H groups in total. The zero-order valence-corrected chi connectivity index (χ0v) is 19.4. The van der Waals surface area contributed by atoms with Gasteiger partial charge in [-0.2, -0.15) is 0 Å². The second-order valence-electron chi connectivity index (χ2n) is 8.49. The highest BCUT2D eigenvalue weighted by Crippen LogP contribution is 2.18. The van der Waals surface area contributed by atoms with Crippen LogP contribution in [0.4, 0.5) is 5.69 Å². The summed E-state index contributed by atoms with van der Waals surface area (Å²) >= 11 is 0. The molecule has 0 unspecified atom stereocenters. The van der Waals surface area contributed by atoms with E-state index in [-0.39, 0.29) is 5.91 Å². The molecule has 1 aromatic carbocycles. The Morgan fingerprint density at radius 3 is 2.16 bits per heavy atom. The van der Waals surface area contributed by atoms with Crippen LogP contribution in [0.5, 0.6) is 0 Å². The van der Waals surface area contributed by atoms with Crippen molar-refractivity contribution in [3.63, 3.8) is 0 Å². The van der Waals surface area contributed by atoms with Crippen LogP contribution in [0.15, 0.2) is 60.9 Å². The number of unbranched alkanes of at least 4 members (excludes halogenated alkanes) is 5. The van der Waals surface area contributed by atoms with Crippen LogP contribution in [0.1, 0.15) is 68.6 Å². The highest BCUT2D eigenvalue weighted by Gasteiger charge is 2.04. The lowest BCUT2D eigenvalue weighted by Gasteiger charge is -2.07. The first-order valence-corrected chi connectivity index (χ1v) is 11.9. The third-order valence-electron chi connectivity index (χ3n) is 5.77. The third kappa shape index (κ3) is 7.92. The molecule has 0 aliphatic rings. The Morgan fingerprint density at radius 1 is 0.781 bits per heavy atom. The normalized spacial score (nSPS) is 10.8. The van der Waals surface area contributed by atoms with Crippen molar-refractivity contribution in [2.45, 2.75) is 71.6 Å². The SMILES string of the molecule is CCc1ccc(NC(=O)CCCCCCCCc2ccnc(-c3cc(C)ccn3)c2)cc1. The molecule has 32 heavy (non-hydrogen) atoms. The summed E-state index contributed by atoms with van der Waals surface area (Å²) < 4.78 is 0. The average molecular weight is 430 g/mol. The smallest absolute Gasteiger partial charge is 0.224 e. The van der Waals surface area contributed by atoms with E-state index >= 15 is 0 Å². The number of nitrogens with one attached hydrogen (secondary N) is 1. The third-order valence-corrected chi connectivity index (χ3v) is 5.77. The molecule has 0 aliphatic carbocycles. The zero-order chi connectivity index (χ0) is 22.6. The van der Waals surface area contributed by atoms with Gasteiger partial charge < -0.3 is 5.32 Å². The van der Waals surface area contributed by atoms with Crippen LogP contribution in [0.3, 0.4) is 0 Å². The molecule has 2 aromatic heterocycles. The molecule has 1 amide bonds. The molecule has 0 bridgehead atoms. The van der Waals surface area contributed by atoms with E-state index < -0.39 is 0 Å². The number of aromatic nitrogens is 2. The van der Waals surface area contributed by atoms with E-state index in [0.29, 0.717) is 6.42 Å². The number of pyridine rings is 2. The van der Waals surface area contributed by atoms with Gasteiger partial charge in [-0.1, -0.05) is 44.7 Å². The summed E-state index contributed by atoms with van der Waals surface area (Å²) in [5.41, 5.74) is 6.59. The number of hydrogen-bond donors (Lipinski definition) is 1. The van der Waals surface area contributed by atoms with Crippen LogP contribution in [0.2, 0.25) is 0 Å². The van der Waals surface area contributed by atoms with Gasteiger partial charge in [-0.05, 0) is 85.7 Å². The van der Waals surface area contributed by atoms with Crippen molar-refractivity contribution in [3.05, 3.63) is 77.6 Å². The number of anilines is 1. The molecule has 4 heteroatoms. The second-order valence-corrected chi connectivity index (χ2v) is 8.49. The number of carbonyl (C=O) groups excluding carboxylic acids is 1. The molecule has 4 nitrogen and oxygen atoms in total. The topological polar surface area (TPSA) is 54.9 Å². The average Bonchev–Trinajstić information content (AvgIpc) is 2.81. The molecule has 0 saturated carbocycles. The predicted molar refractivity (Wildman–Crippen MR) is 133 cm³/mol. The van der Waals surface area contributed by atoms with E-state index in [1.165, 1.54) is 42.4 Å². The van der Waals surface area contributed by atoms with Crippen LogP contribution in [-0.2, 0) is 17.6 Å². The van der Waals surface area contributed by atoms with Gasteiger partial charge in [0.1, 0.15) is 0 Å². The van der Waals surface area contributed by atoms with Crippen LogP contribution >= 0.6 is 0 Å². The van der Waals surface area contributed by atoms with Crippen molar-refractivity contribution >= 4 is 11.6 Å². The first kappa shape index (κ1) is 23.6. The summed E-state index contributed by atoms with van der Waals surface area (Å²) in [4.78, 5) is 21.0. The number of carbonyl (C=O) groups is 1. The van der Waals surface area contributed by atoms with Gasteiger partial charge in [-0.3, -0.25) is 14.8 Å². The van der Waals surface area contributed by atoms with Crippen LogP contribution < -0.4 is 5.32 Å². The molecule has 3 aromatic rings. The van der Waals surface area contributed by atoms with Gasteiger partial charge in [0.15, 0.2) is 0 Å². The van der Waals surface area contributed by atoms with Gasteiger partial charge in [0.2, 0.25) is 5.91 Å². The summed E-state index contributed by atoms with van der Waals surface area (Å²) in [6, 6.07) is 16.5. The van der Waals surface area contributed by atoms with Crippen LogP contribution in [0, 0.1) is 6.92 Å². The Hall–Kier alpha value is -3.01. The van der Waals surface area contributed by atoms with Gasteiger partial charge >= 0.3 is 0 Å². The Kier molecular flexibility index (Phi) is 9.42. The zero-order valence-electron chi connectivity index (χ0n) is 19.4. The highest BCUT2D eigenvalue weighted by molar-refractivity contribution is 5.90. The monoisotopic (exact) mass is 429 g/mol. The van der Waals surface area contributed by atoms with E-state index in [9.17, 15) is 4.79 Å². The van der Waals surface area contributed by atoms with Gasteiger partial charge in [0.05, 0.1) is 11.4 Å². The van der Waals surface area contributed by atoms with E-state index in [1.54, 1.807) is 0 Å². The molecule has 2 heterocycles. The summed E-state index contributed by atoms with van der Waals surface area (Å²) in [5, 5.41) is 2.99. The highest BCUT2D eigenvalue weighted by atomic mass is 16.1. The molecule has 3 rings (SSSR count). The maximum atomic E-state index is 12.1. The van der Waals surface area contributed by atoms with E-state index in [2.05, 4.69) is 59.5 Å². The van der Waals surface area contributed by atoms with Crippen molar-refractivity contribution in [3.8, 4) is 11.4 Å². The first-order chi connectivity index (χ1) is 15.6. The van der Waals surface area contributed by atoms with Crippen molar-refractivity contribution in [2.24, 2.45) is 0 Å². The maximum absolute atomic E-state index is 12.1. The largest absolute Gasteiger partial charge is 0.326 e. The Bertz CT molecular complexity index is 982. The lowest BCUT2D eigenvalue weighted by molar-refractivity contribution is -0.116. The molecule has 0 saturated heterocycles. The van der Waals surface area contributed by atoms with Crippen molar-refractivity contribution in [2.75, 3.05) is 5.32 Å². The van der Waals surface area contributed by atoms with Crippen molar-refractivity contribution in [1.29, 1.82) is 0 Å². The molecule has 0 spiro atoms. The predicted octanol–water partition coefficient (Wildman–Crippen LogP) is 6.93. The fraction of sp³-hybridized carbons (Fsp3) is 0.393. The summed E-state index contributed by atoms with van der Waals surface area (Å²) in [5.74, 6) is 0.117. The summed E-state index contributed by atoms with van der Waals surface area (Å²) in [6.07, 6.45) is 13.3. The Labute approximate surface area is 192 Å². The fourth-order valence-electron chi connectivity index (χ4n) is 3.82. The molecule has 168 valence electrons. The fourth-order valence-corrected chi connectivity index (χ4v) is 3.82. The maximum Gasteiger partial charge on any atom is 0.224 e. The molecular weight excluding hydrogens is 394 g/mol. The van der Waals surface area contributed by atoms with Crippen molar-refractivity contribution < 1.29 is 4.79 Å². The number of hydrogen-bond acceptors (Lipinski definition) is 3. The van der Waals surface area contributed by atoms with E-state index in [4.69, 9.17) is 0 Å². The lowest BCUT2D eigenvalue weighted by Crippen LogP contribution is -2.10. The molecule has 0 radical (unpaired) electrons. The number of rotatable bonds is 12. The van der Waals surface area contributed by atoms with Gasteiger partial charge in [-0.25, -0.2) is 0 Å². The second kappa shape index (κ2) is 12.7. The van der Waals surface area contributed by atoms with Crippen LogP contribution in [0.25, 0.3) is 11.4 Å². The van der Waals surface area contributed by atoms with E-state index in [0.717, 1.165) is 42.8 Å². The standard InChI is InChI=1S/C28H35N3O/c1-3-23-12-14-25(15-13-23)31-28(32)11-9-7-5-4-6-8-10-24-17-19-30-27(21-24)26-20-22(2)16-18-29-26/h12-21H,3-11H2,1-2H3,(H,31,32). The quantitative estimate of drug-likeness (QED) is 0.318. The van der Waals surface area contributed by atoms with Crippen molar-refractivity contribution in [1.82, 2.24) is 9.97 Å². The number of nitrogens with zero attached hydrogens (tertiary/aromatic N) is 2. The molecular formula is C28H35N3O. The summed E-state index contributed by atoms with van der Waals surface area (Å²) in [6.45, 7) is 4.21. The first-order valence-electron chi connectivity index (χ1n) is 11.9. The minimum atomic E-state index is 0.117. The Morgan fingerprint density at radius 2 is 1.44 bits per heavy atom. The van der Waals surface area contributed by atoms with E-state index in [1.807, 2.05) is 30.6 Å². The lowest BCUT2D eigenvalue weighted by atomic mass is 10.0. The molecule has 0 fully saturated rings. The Balaban J connectivity index is 1.27. The van der Waals surface area contributed by atoms with Gasteiger partial charge in [0.25, 0.3) is 0 Å². The minimum absolute atomic E-state index is 0.117. The van der Waals surface area contributed by atoms with Crippen LogP contribution in [-0.4, -0.2) is 15.9 Å².